The summed E-state index contributed by atoms with van der Waals surface area (Å²) in [6.45, 7) is 4.30. The Bertz CT molecular complexity index is 798. The number of nitrogen functional groups attached to an aromatic ring is 1. The summed E-state index contributed by atoms with van der Waals surface area (Å²) in [6, 6.07) is 12.1. The van der Waals surface area contributed by atoms with Crippen LogP contribution in [0.2, 0.25) is 0 Å². The quantitative estimate of drug-likeness (QED) is 0.638. The van der Waals surface area contributed by atoms with E-state index in [0.29, 0.717) is 19.0 Å². The SMILES string of the molecule is CCCCOCc1ccc(Cn2cc(-c3cccnc3N)nn2)cc1. The van der Waals surface area contributed by atoms with Crippen molar-refractivity contribution in [2.24, 2.45) is 0 Å². The van der Waals surface area contributed by atoms with Gasteiger partial charge in [-0.1, -0.05) is 42.8 Å². The number of aromatic nitrogens is 4. The van der Waals surface area contributed by atoms with Crippen LogP contribution in [0.25, 0.3) is 11.3 Å². The van der Waals surface area contributed by atoms with Crippen LogP contribution in [0.15, 0.2) is 48.8 Å². The first kappa shape index (κ1) is 17.1. The number of hydrogen-bond donors (Lipinski definition) is 1. The highest BCUT2D eigenvalue weighted by molar-refractivity contribution is 5.69. The molecule has 2 heterocycles. The minimum Gasteiger partial charge on any atom is -0.383 e. The van der Waals surface area contributed by atoms with Crippen LogP contribution in [0, 0.1) is 0 Å². The Morgan fingerprint density at radius 2 is 1.92 bits per heavy atom. The van der Waals surface area contributed by atoms with Gasteiger partial charge in [-0.3, -0.25) is 0 Å². The first-order valence-electron chi connectivity index (χ1n) is 8.53. The molecule has 25 heavy (non-hydrogen) atoms. The van der Waals surface area contributed by atoms with E-state index in [4.69, 9.17) is 10.5 Å². The number of ether oxygens (including phenoxy) is 1. The summed E-state index contributed by atoms with van der Waals surface area (Å²) in [4.78, 5) is 4.08. The van der Waals surface area contributed by atoms with E-state index in [1.165, 1.54) is 5.56 Å². The predicted octanol–water partition coefficient (Wildman–Crippen LogP) is 3.29. The van der Waals surface area contributed by atoms with Crippen LogP contribution in [0.4, 0.5) is 5.82 Å². The van der Waals surface area contributed by atoms with Crippen LogP contribution >= 0.6 is 0 Å². The molecule has 6 nitrogen and oxygen atoms in total. The van der Waals surface area contributed by atoms with Crippen molar-refractivity contribution in [3.05, 3.63) is 59.9 Å². The van der Waals surface area contributed by atoms with E-state index >= 15 is 0 Å². The molecule has 0 saturated heterocycles. The number of benzene rings is 1. The molecule has 0 unspecified atom stereocenters. The lowest BCUT2D eigenvalue weighted by Gasteiger charge is -2.05. The molecule has 0 radical (unpaired) electrons. The summed E-state index contributed by atoms with van der Waals surface area (Å²) in [5.41, 5.74) is 9.76. The van der Waals surface area contributed by atoms with E-state index in [1.807, 2.05) is 18.3 Å². The van der Waals surface area contributed by atoms with Crippen molar-refractivity contribution in [1.29, 1.82) is 0 Å². The topological polar surface area (TPSA) is 78.9 Å². The number of pyridine rings is 1. The molecule has 0 atom stereocenters. The van der Waals surface area contributed by atoms with Crippen LogP contribution in [0.3, 0.4) is 0 Å². The number of rotatable bonds is 8. The van der Waals surface area contributed by atoms with Crippen LogP contribution in [0.1, 0.15) is 30.9 Å². The van der Waals surface area contributed by atoms with Gasteiger partial charge in [0.1, 0.15) is 11.5 Å². The molecule has 0 aliphatic heterocycles. The summed E-state index contributed by atoms with van der Waals surface area (Å²) in [7, 11) is 0. The Morgan fingerprint density at radius 3 is 2.68 bits per heavy atom. The van der Waals surface area contributed by atoms with Gasteiger partial charge in [0, 0.05) is 18.4 Å². The van der Waals surface area contributed by atoms with Crippen LogP contribution in [-0.2, 0) is 17.9 Å². The van der Waals surface area contributed by atoms with E-state index in [-0.39, 0.29) is 0 Å². The van der Waals surface area contributed by atoms with Crippen molar-refractivity contribution >= 4 is 5.82 Å². The second-order valence-corrected chi connectivity index (χ2v) is 5.96. The maximum atomic E-state index is 5.89. The second-order valence-electron chi connectivity index (χ2n) is 5.96. The molecule has 130 valence electrons. The number of hydrogen-bond acceptors (Lipinski definition) is 5. The maximum Gasteiger partial charge on any atom is 0.132 e. The lowest BCUT2D eigenvalue weighted by Crippen LogP contribution is -2.01. The summed E-state index contributed by atoms with van der Waals surface area (Å²) in [5.74, 6) is 0.460. The van der Waals surface area contributed by atoms with Crippen molar-refractivity contribution in [1.82, 2.24) is 20.0 Å². The molecule has 3 rings (SSSR count). The number of nitrogens with two attached hydrogens (primary N) is 1. The zero-order valence-corrected chi connectivity index (χ0v) is 14.4. The van der Waals surface area contributed by atoms with Gasteiger partial charge < -0.3 is 10.5 Å². The van der Waals surface area contributed by atoms with Crippen LogP contribution < -0.4 is 5.73 Å². The molecule has 0 spiro atoms. The van der Waals surface area contributed by atoms with Gasteiger partial charge in [-0.2, -0.15) is 0 Å². The van der Waals surface area contributed by atoms with Gasteiger partial charge in [0.15, 0.2) is 0 Å². The molecule has 3 aromatic rings. The molecule has 6 heteroatoms. The van der Waals surface area contributed by atoms with Crippen molar-refractivity contribution in [3.63, 3.8) is 0 Å². The lowest BCUT2D eigenvalue weighted by atomic mass is 10.1. The Hall–Kier alpha value is -2.73. The third-order valence-corrected chi connectivity index (χ3v) is 3.93. The van der Waals surface area contributed by atoms with Crippen molar-refractivity contribution < 1.29 is 4.74 Å². The molecule has 0 saturated carbocycles. The smallest absolute Gasteiger partial charge is 0.132 e. The minimum absolute atomic E-state index is 0.460. The first-order valence-corrected chi connectivity index (χ1v) is 8.53. The van der Waals surface area contributed by atoms with E-state index in [9.17, 15) is 0 Å². The van der Waals surface area contributed by atoms with Crippen molar-refractivity contribution in [3.8, 4) is 11.3 Å². The number of nitrogens with zero attached hydrogens (tertiary/aromatic N) is 4. The molecule has 0 aliphatic carbocycles. The van der Waals surface area contributed by atoms with Gasteiger partial charge in [0.25, 0.3) is 0 Å². The zero-order valence-electron chi connectivity index (χ0n) is 14.4. The Labute approximate surface area is 147 Å². The molecule has 2 aromatic heterocycles. The normalized spacial score (nSPS) is 10.9. The zero-order chi connectivity index (χ0) is 17.5. The van der Waals surface area contributed by atoms with Crippen molar-refractivity contribution in [2.75, 3.05) is 12.3 Å². The molecule has 0 aliphatic rings. The van der Waals surface area contributed by atoms with E-state index < -0.39 is 0 Å². The summed E-state index contributed by atoms with van der Waals surface area (Å²) in [5, 5.41) is 8.37. The third-order valence-electron chi connectivity index (χ3n) is 3.93. The van der Waals surface area contributed by atoms with Gasteiger partial charge >= 0.3 is 0 Å². The van der Waals surface area contributed by atoms with Gasteiger partial charge in [0.2, 0.25) is 0 Å². The minimum atomic E-state index is 0.460. The third kappa shape index (κ3) is 4.64. The number of unbranched alkanes of at least 4 members (excludes halogenated alkanes) is 1. The summed E-state index contributed by atoms with van der Waals surface area (Å²) >= 11 is 0. The fourth-order valence-corrected chi connectivity index (χ4v) is 2.50. The van der Waals surface area contributed by atoms with E-state index in [2.05, 4.69) is 46.5 Å². The van der Waals surface area contributed by atoms with E-state index in [0.717, 1.165) is 36.3 Å². The van der Waals surface area contributed by atoms with Crippen LogP contribution in [0.5, 0.6) is 0 Å². The average molecular weight is 337 g/mol. The molecule has 0 fully saturated rings. The molecule has 0 amide bonds. The standard InChI is InChI=1S/C19H23N5O/c1-2-3-11-25-14-16-8-6-15(7-9-16)12-24-13-18(22-23-24)17-5-4-10-21-19(17)20/h4-10,13H,2-3,11-12,14H2,1H3,(H2,20,21). The Morgan fingerprint density at radius 1 is 1.12 bits per heavy atom. The monoisotopic (exact) mass is 337 g/mol. The van der Waals surface area contributed by atoms with E-state index in [1.54, 1.807) is 10.9 Å². The largest absolute Gasteiger partial charge is 0.383 e. The molecular formula is C19H23N5O. The lowest BCUT2D eigenvalue weighted by molar-refractivity contribution is 0.118. The fraction of sp³-hybridized carbons (Fsp3) is 0.316. The molecule has 2 N–H and O–H groups in total. The maximum absolute atomic E-state index is 5.89. The highest BCUT2D eigenvalue weighted by Crippen LogP contribution is 2.21. The Balaban J connectivity index is 1.60. The predicted molar refractivity (Wildman–Crippen MR) is 97.8 cm³/mol. The highest BCUT2D eigenvalue weighted by atomic mass is 16.5. The summed E-state index contributed by atoms with van der Waals surface area (Å²) < 4.78 is 7.44. The second kappa shape index (κ2) is 8.39. The average Bonchev–Trinajstić information content (AvgIpc) is 3.09. The van der Waals surface area contributed by atoms with Crippen LogP contribution in [-0.4, -0.2) is 26.6 Å². The first-order chi connectivity index (χ1) is 12.3. The molecule has 1 aromatic carbocycles. The molecule has 0 bridgehead atoms. The molecular weight excluding hydrogens is 314 g/mol. The van der Waals surface area contributed by atoms with Gasteiger partial charge in [-0.25, -0.2) is 9.67 Å². The van der Waals surface area contributed by atoms with Gasteiger partial charge in [0.05, 0.1) is 19.3 Å². The van der Waals surface area contributed by atoms with Crippen molar-refractivity contribution in [2.45, 2.75) is 32.9 Å². The highest BCUT2D eigenvalue weighted by Gasteiger charge is 2.08. The van der Waals surface area contributed by atoms with Gasteiger partial charge in [-0.05, 0) is 29.7 Å². The van der Waals surface area contributed by atoms with Gasteiger partial charge in [-0.15, -0.1) is 5.10 Å². The fourth-order valence-electron chi connectivity index (χ4n) is 2.50. The number of anilines is 1. The summed E-state index contributed by atoms with van der Waals surface area (Å²) in [6.07, 6.45) is 5.81. The Kier molecular flexibility index (Phi) is 5.74.